The summed E-state index contributed by atoms with van der Waals surface area (Å²) in [6.07, 6.45) is -3.03. The molecule has 1 heterocycles. The molecule has 0 radical (unpaired) electrons. The van der Waals surface area contributed by atoms with E-state index in [0.29, 0.717) is 0 Å². The highest BCUT2D eigenvalue weighted by molar-refractivity contribution is 7.92. The zero-order chi connectivity index (χ0) is 15.7. The van der Waals surface area contributed by atoms with Crippen molar-refractivity contribution >= 4 is 15.8 Å². The Kier molecular flexibility index (Phi) is 3.91. The van der Waals surface area contributed by atoms with Gasteiger partial charge in [0, 0.05) is 6.20 Å². The van der Waals surface area contributed by atoms with Gasteiger partial charge in [-0.15, -0.1) is 0 Å². The van der Waals surface area contributed by atoms with Gasteiger partial charge in [0.2, 0.25) is 0 Å². The van der Waals surface area contributed by atoms with Gasteiger partial charge in [-0.2, -0.15) is 13.2 Å². The maximum atomic E-state index is 12.4. The standard InChI is InChI=1S/C13H11F3N2O2S/c1-9-2-7-12(17-8-9)18-21(19,20)11-5-3-10(4-6-11)13(14,15)16/h2-8H,1H3,(H,17,18). The lowest BCUT2D eigenvalue weighted by Crippen LogP contribution is -2.14. The minimum absolute atomic E-state index is 0.0977. The highest BCUT2D eigenvalue weighted by Gasteiger charge is 2.30. The second kappa shape index (κ2) is 5.36. The van der Waals surface area contributed by atoms with Crippen molar-refractivity contribution in [1.29, 1.82) is 0 Å². The Hall–Kier alpha value is -2.09. The Bertz CT molecular complexity index is 724. The lowest BCUT2D eigenvalue weighted by atomic mass is 10.2. The van der Waals surface area contributed by atoms with E-state index in [1.54, 1.807) is 13.0 Å². The maximum Gasteiger partial charge on any atom is 0.416 e. The van der Waals surface area contributed by atoms with Crippen LogP contribution in [-0.4, -0.2) is 13.4 Å². The van der Waals surface area contributed by atoms with Crippen LogP contribution in [0.3, 0.4) is 0 Å². The van der Waals surface area contributed by atoms with E-state index in [1.807, 2.05) is 0 Å². The molecule has 0 aliphatic heterocycles. The largest absolute Gasteiger partial charge is 0.416 e. The normalized spacial score (nSPS) is 12.2. The number of aromatic nitrogens is 1. The summed E-state index contributed by atoms with van der Waals surface area (Å²) in [6, 6.07) is 6.38. The molecular formula is C13H11F3N2O2S. The van der Waals surface area contributed by atoms with Crippen LogP contribution < -0.4 is 4.72 Å². The molecule has 112 valence electrons. The number of nitrogens with zero attached hydrogens (tertiary/aromatic N) is 1. The molecule has 0 fully saturated rings. The average molecular weight is 316 g/mol. The first-order valence-electron chi connectivity index (χ1n) is 5.81. The highest BCUT2D eigenvalue weighted by atomic mass is 32.2. The maximum absolute atomic E-state index is 12.4. The van der Waals surface area contributed by atoms with Crippen molar-refractivity contribution in [2.75, 3.05) is 4.72 Å². The van der Waals surface area contributed by atoms with Gasteiger partial charge in [0.25, 0.3) is 10.0 Å². The van der Waals surface area contributed by atoms with Gasteiger partial charge in [0.1, 0.15) is 5.82 Å². The van der Waals surface area contributed by atoms with E-state index in [0.717, 1.165) is 29.8 Å². The van der Waals surface area contributed by atoms with Gasteiger partial charge >= 0.3 is 6.18 Å². The lowest BCUT2D eigenvalue weighted by molar-refractivity contribution is -0.137. The molecule has 0 bridgehead atoms. The molecule has 21 heavy (non-hydrogen) atoms. The van der Waals surface area contributed by atoms with Crippen LogP contribution in [0.5, 0.6) is 0 Å². The Balaban J connectivity index is 2.25. The van der Waals surface area contributed by atoms with E-state index in [9.17, 15) is 21.6 Å². The van der Waals surface area contributed by atoms with Crippen LogP contribution in [0.1, 0.15) is 11.1 Å². The Morgan fingerprint density at radius 3 is 2.14 bits per heavy atom. The van der Waals surface area contributed by atoms with Gasteiger partial charge in [0.05, 0.1) is 10.5 Å². The topological polar surface area (TPSA) is 59.1 Å². The molecule has 0 amide bonds. The van der Waals surface area contributed by atoms with Crippen molar-refractivity contribution in [1.82, 2.24) is 4.98 Å². The number of nitrogens with one attached hydrogen (secondary N) is 1. The molecular weight excluding hydrogens is 305 g/mol. The summed E-state index contributed by atoms with van der Waals surface area (Å²) >= 11 is 0. The number of rotatable bonds is 3. The van der Waals surface area contributed by atoms with Gasteiger partial charge in [-0.25, -0.2) is 13.4 Å². The smallest absolute Gasteiger partial charge is 0.263 e. The average Bonchev–Trinajstić information content (AvgIpc) is 2.40. The summed E-state index contributed by atoms with van der Waals surface area (Å²) in [5.74, 6) is 0.0977. The second-order valence-corrected chi connectivity index (χ2v) is 6.03. The van der Waals surface area contributed by atoms with Gasteiger partial charge in [-0.1, -0.05) is 6.07 Å². The molecule has 0 saturated carbocycles. The molecule has 0 spiro atoms. The minimum Gasteiger partial charge on any atom is -0.263 e. The van der Waals surface area contributed by atoms with Crippen LogP contribution in [0.25, 0.3) is 0 Å². The molecule has 1 aromatic carbocycles. The fourth-order valence-corrected chi connectivity index (χ4v) is 2.56. The number of hydrogen-bond donors (Lipinski definition) is 1. The Morgan fingerprint density at radius 1 is 1.05 bits per heavy atom. The van der Waals surface area contributed by atoms with Crippen LogP contribution in [-0.2, 0) is 16.2 Å². The third-order valence-corrected chi connectivity index (χ3v) is 4.01. The number of aryl methyl sites for hydroxylation is 1. The van der Waals surface area contributed by atoms with Gasteiger partial charge in [-0.05, 0) is 42.8 Å². The van der Waals surface area contributed by atoms with E-state index < -0.39 is 21.8 Å². The fraction of sp³-hybridized carbons (Fsp3) is 0.154. The zero-order valence-corrected chi connectivity index (χ0v) is 11.7. The van der Waals surface area contributed by atoms with Gasteiger partial charge in [0.15, 0.2) is 0 Å². The van der Waals surface area contributed by atoms with E-state index in [1.165, 1.54) is 12.3 Å². The van der Waals surface area contributed by atoms with Crippen LogP contribution in [0.15, 0.2) is 47.5 Å². The monoisotopic (exact) mass is 316 g/mol. The molecule has 8 heteroatoms. The third-order valence-electron chi connectivity index (χ3n) is 2.64. The fourth-order valence-electron chi connectivity index (χ4n) is 1.55. The molecule has 2 aromatic rings. The first-order chi connectivity index (χ1) is 9.68. The molecule has 1 aromatic heterocycles. The summed E-state index contributed by atoms with van der Waals surface area (Å²) in [6.45, 7) is 1.79. The molecule has 0 saturated heterocycles. The number of sulfonamides is 1. The molecule has 0 aliphatic carbocycles. The predicted molar refractivity (Wildman–Crippen MR) is 71.2 cm³/mol. The highest BCUT2D eigenvalue weighted by Crippen LogP contribution is 2.29. The van der Waals surface area contributed by atoms with Crippen molar-refractivity contribution in [3.8, 4) is 0 Å². The SMILES string of the molecule is Cc1ccc(NS(=O)(=O)c2ccc(C(F)(F)F)cc2)nc1. The summed E-state index contributed by atoms with van der Waals surface area (Å²) in [4.78, 5) is 3.61. The molecule has 2 rings (SSSR count). The first-order valence-corrected chi connectivity index (χ1v) is 7.29. The Morgan fingerprint density at radius 2 is 1.67 bits per heavy atom. The second-order valence-electron chi connectivity index (χ2n) is 4.35. The van der Waals surface area contributed by atoms with E-state index in [4.69, 9.17) is 0 Å². The summed E-state index contributed by atoms with van der Waals surface area (Å²) < 4.78 is 63.5. The first kappa shape index (κ1) is 15.3. The molecule has 0 unspecified atom stereocenters. The van der Waals surface area contributed by atoms with Crippen LogP contribution >= 0.6 is 0 Å². The van der Waals surface area contributed by atoms with Crippen molar-refractivity contribution in [2.45, 2.75) is 18.0 Å². The molecule has 0 aliphatic rings. The molecule has 1 N–H and O–H groups in total. The number of alkyl halides is 3. The number of pyridine rings is 1. The van der Waals surface area contributed by atoms with Crippen molar-refractivity contribution < 1.29 is 21.6 Å². The quantitative estimate of drug-likeness (QED) is 0.946. The predicted octanol–water partition coefficient (Wildman–Crippen LogP) is 3.21. The minimum atomic E-state index is -4.51. The summed E-state index contributed by atoms with van der Waals surface area (Å²) in [7, 11) is -3.97. The Labute approximate surface area is 119 Å². The number of halogens is 3. The number of benzene rings is 1. The number of anilines is 1. The summed E-state index contributed by atoms with van der Waals surface area (Å²) in [5.41, 5.74) is -0.0533. The third kappa shape index (κ3) is 3.72. The van der Waals surface area contributed by atoms with Crippen molar-refractivity contribution in [3.63, 3.8) is 0 Å². The van der Waals surface area contributed by atoms with Crippen LogP contribution in [0.4, 0.5) is 19.0 Å². The molecule has 4 nitrogen and oxygen atoms in total. The van der Waals surface area contributed by atoms with E-state index in [2.05, 4.69) is 9.71 Å². The van der Waals surface area contributed by atoms with E-state index >= 15 is 0 Å². The van der Waals surface area contributed by atoms with Crippen LogP contribution in [0, 0.1) is 6.92 Å². The van der Waals surface area contributed by atoms with Crippen LogP contribution in [0.2, 0.25) is 0 Å². The van der Waals surface area contributed by atoms with Gasteiger partial charge < -0.3 is 0 Å². The van der Waals surface area contributed by atoms with Gasteiger partial charge in [-0.3, -0.25) is 4.72 Å². The zero-order valence-electron chi connectivity index (χ0n) is 10.8. The lowest BCUT2D eigenvalue weighted by Gasteiger charge is -2.09. The molecule has 0 atom stereocenters. The number of hydrogen-bond acceptors (Lipinski definition) is 3. The van der Waals surface area contributed by atoms with Crippen molar-refractivity contribution in [3.05, 3.63) is 53.7 Å². The van der Waals surface area contributed by atoms with Crippen molar-refractivity contribution in [2.24, 2.45) is 0 Å². The summed E-state index contributed by atoms with van der Waals surface area (Å²) in [5, 5.41) is 0. The van der Waals surface area contributed by atoms with E-state index in [-0.39, 0.29) is 10.7 Å².